The van der Waals surface area contributed by atoms with E-state index in [0.29, 0.717) is 18.8 Å². The summed E-state index contributed by atoms with van der Waals surface area (Å²) in [4.78, 5) is 10.3. The molecule has 0 heterocycles. The summed E-state index contributed by atoms with van der Waals surface area (Å²) in [6, 6.07) is 12.3. The molecule has 0 radical (unpaired) electrons. The maximum Gasteiger partial charge on any atom is 0.269 e. The second kappa shape index (κ2) is 7.89. The van der Waals surface area contributed by atoms with Crippen LogP contribution in [0.4, 0.5) is 5.69 Å². The quantitative estimate of drug-likeness (QED) is 0.448. The lowest BCUT2D eigenvalue weighted by atomic mass is 10.2. The lowest BCUT2D eigenvalue weighted by molar-refractivity contribution is -0.384. The smallest absolute Gasteiger partial charge is 0.269 e. The van der Waals surface area contributed by atoms with Gasteiger partial charge in [-0.3, -0.25) is 10.1 Å². The molecule has 0 aliphatic heterocycles. The molecule has 0 unspecified atom stereocenters. The molecule has 0 spiro atoms. The van der Waals surface area contributed by atoms with Gasteiger partial charge >= 0.3 is 0 Å². The van der Waals surface area contributed by atoms with Crippen LogP contribution in [0.15, 0.2) is 53.4 Å². The molecule has 1 N–H and O–H groups in total. The molecular formula is C16H18N2O5S. The number of nitro benzene ring substituents is 1. The van der Waals surface area contributed by atoms with Crippen molar-refractivity contribution in [2.75, 3.05) is 13.2 Å². The Labute approximate surface area is 140 Å². The average Bonchev–Trinajstić information content (AvgIpc) is 2.55. The molecule has 0 aromatic heterocycles. The lowest BCUT2D eigenvalue weighted by Crippen LogP contribution is -2.25. The first-order valence-electron chi connectivity index (χ1n) is 7.32. The minimum Gasteiger partial charge on any atom is -0.494 e. The number of sulfonamides is 1. The maximum atomic E-state index is 12.1. The van der Waals surface area contributed by atoms with Gasteiger partial charge in [0.25, 0.3) is 5.69 Å². The minimum absolute atomic E-state index is 0.00629. The molecule has 24 heavy (non-hydrogen) atoms. The standard InChI is InChI=1S/C16H18N2O5S/c1-13-3-9-16(10-4-13)24(21,22)17-11-2-12-23-15-7-5-14(6-8-15)18(19)20/h3-10,17H,2,11-12H2,1H3. The third kappa shape index (κ3) is 5.04. The molecule has 128 valence electrons. The number of nitrogens with one attached hydrogen (secondary N) is 1. The summed E-state index contributed by atoms with van der Waals surface area (Å²) in [7, 11) is -3.52. The molecule has 0 saturated heterocycles. The van der Waals surface area contributed by atoms with E-state index in [-0.39, 0.29) is 17.1 Å². The molecular weight excluding hydrogens is 332 g/mol. The van der Waals surface area contributed by atoms with Gasteiger partial charge in [-0.1, -0.05) is 17.7 Å². The highest BCUT2D eigenvalue weighted by atomic mass is 32.2. The summed E-state index contributed by atoms with van der Waals surface area (Å²) in [6.45, 7) is 2.43. The monoisotopic (exact) mass is 350 g/mol. The van der Waals surface area contributed by atoms with E-state index in [2.05, 4.69) is 4.72 Å². The zero-order chi connectivity index (χ0) is 17.6. The molecule has 0 aliphatic carbocycles. The summed E-state index contributed by atoms with van der Waals surface area (Å²) >= 11 is 0. The van der Waals surface area contributed by atoms with E-state index >= 15 is 0 Å². The van der Waals surface area contributed by atoms with Gasteiger partial charge in [-0.05, 0) is 37.6 Å². The summed E-state index contributed by atoms with van der Waals surface area (Å²) in [5.41, 5.74) is 0.985. The Morgan fingerprint density at radius 1 is 1.08 bits per heavy atom. The van der Waals surface area contributed by atoms with Crippen LogP contribution in [-0.4, -0.2) is 26.5 Å². The van der Waals surface area contributed by atoms with Crippen LogP contribution >= 0.6 is 0 Å². The van der Waals surface area contributed by atoms with E-state index in [0.717, 1.165) is 5.56 Å². The number of hydrogen-bond acceptors (Lipinski definition) is 5. The van der Waals surface area contributed by atoms with Crippen molar-refractivity contribution in [3.63, 3.8) is 0 Å². The van der Waals surface area contributed by atoms with Crippen LogP contribution in [-0.2, 0) is 10.0 Å². The summed E-state index contributed by atoms with van der Waals surface area (Å²) in [6.07, 6.45) is 0.474. The number of rotatable bonds is 8. The highest BCUT2D eigenvalue weighted by Crippen LogP contribution is 2.17. The third-order valence-electron chi connectivity index (χ3n) is 3.26. The highest BCUT2D eigenvalue weighted by Gasteiger charge is 2.12. The first-order chi connectivity index (χ1) is 11.4. The second-order valence-corrected chi connectivity index (χ2v) is 6.93. The Morgan fingerprint density at radius 2 is 1.71 bits per heavy atom. The molecule has 2 aromatic carbocycles. The number of hydrogen-bond donors (Lipinski definition) is 1. The first kappa shape index (κ1) is 17.9. The van der Waals surface area contributed by atoms with Gasteiger partial charge in [0.2, 0.25) is 10.0 Å². The van der Waals surface area contributed by atoms with Gasteiger partial charge in [0, 0.05) is 18.7 Å². The second-order valence-electron chi connectivity index (χ2n) is 5.16. The number of nitrogens with zero attached hydrogens (tertiary/aromatic N) is 1. The van der Waals surface area contributed by atoms with Crippen molar-refractivity contribution < 1.29 is 18.1 Å². The third-order valence-corrected chi connectivity index (χ3v) is 4.74. The van der Waals surface area contributed by atoms with Crippen LogP contribution in [0.1, 0.15) is 12.0 Å². The Balaban J connectivity index is 1.76. The fourth-order valence-corrected chi connectivity index (χ4v) is 3.01. The molecule has 0 atom stereocenters. The van der Waals surface area contributed by atoms with Gasteiger partial charge in [-0.25, -0.2) is 13.1 Å². The van der Waals surface area contributed by atoms with Crippen molar-refractivity contribution in [2.24, 2.45) is 0 Å². The number of benzene rings is 2. The predicted octanol–water partition coefficient (Wildman–Crippen LogP) is 2.65. The van der Waals surface area contributed by atoms with Crippen LogP contribution in [0.5, 0.6) is 5.75 Å². The average molecular weight is 350 g/mol. The molecule has 0 amide bonds. The molecule has 8 heteroatoms. The topological polar surface area (TPSA) is 98.5 Å². The van der Waals surface area contributed by atoms with Crippen LogP contribution < -0.4 is 9.46 Å². The van der Waals surface area contributed by atoms with Gasteiger partial charge in [0.15, 0.2) is 0 Å². The largest absolute Gasteiger partial charge is 0.494 e. The summed E-state index contributed by atoms with van der Waals surface area (Å²) in [5.74, 6) is 0.502. The number of aryl methyl sites for hydroxylation is 1. The molecule has 2 rings (SSSR count). The van der Waals surface area contributed by atoms with E-state index in [9.17, 15) is 18.5 Å². The van der Waals surface area contributed by atoms with E-state index in [1.54, 1.807) is 24.3 Å². The van der Waals surface area contributed by atoms with Crippen molar-refractivity contribution >= 4 is 15.7 Å². The number of ether oxygens (including phenoxy) is 1. The SMILES string of the molecule is Cc1ccc(S(=O)(=O)NCCCOc2ccc([N+](=O)[O-])cc2)cc1. The fraction of sp³-hybridized carbons (Fsp3) is 0.250. The Morgan fingerprint density at radius 3 is 2.29 bits per heavy atom. The van der Waals surface area contributed by atoms with Gasteiger partial charge in [-0.15, -0.1) is 0 Å². The van der Waals surface area contributed by atoms with Gasteiger partial charge in [0.05, 0.1) is 16.4 Å². The van der Waals surface area contributed by atoms with E-state index in [4.69, 9.17) is 4.74 Å². The van der Waals surface area contributed by atoms with Gasteiger partial charge < -0.3 is 4.74 Å². The summed E-state index contributed by atoms with van der Waals surface area (Å²) < 4.78 is 32.1. The van der Waals surface area contributed by atoms with Crippen molar-refractivity contribution in [3.8, 4) is 5.75 Å². The van der Waals surface area contributed by atoms with E-state index in [1.165, 1.54) is 24.3 Å². The first-order valence-corrected chi connectivity index (χ1v) is 8.80. The molecule has 0 aliphatic rings. The van der Waals surface area contributed by atoms with Gasteiger partial charge in [0.1, 0.15) is 5.75 Å². The molecule has 7 nitrogen and oxygen atoms in total. The molecule has 2 aromatic rings. The van der Waals surface area contributed by atoms with Crippen LogP contribution in [0.25, 0.3) is 0 Å². The fourth-order valence-electron chi connectivity index (χ4n) is 1.93. The van der Waals surface area contributed by atoms with E-state index in [1.807, 2.05) is 6.92 Å². The molecule has 0 fully saturated rings. The van der Waals surface area contributed by atoms with Crippen LogP contribution in [0.3, 0.4) is 0 Å². The van der Waals surface area contributed by atoms with Crippen molar-refractivity contribution in [3.05, 3.63) is 64.2 Å². The maximum absolute atomic E-state index is 12.1. The lowest BCUT2D eigenvalue weighted by Gasteiger charge is -2.08. The zero-order valence-electron chi connectivity index (χ0n) is 13.1. The zero-order valence-corrected chi connectivity index (χ0v) is 14.0. The van der Waals surface area contributed by atoms with Gasteiger partial charge in [-0.2, -0.15) is 0 Å². The Kier molecular flexibility index (Phi) is 5.88. The summed E-state index contributed by atoms with van der Waals surface area (Å²) in [5, 5.41) is 10.5. The Bertz CT molecular complexity index is 786. The van der Waals surface area contributed by atoms with Crippen molar-refractivity contribution in [2.45, 2.75) is 18.2 Å². The Hall–Kier alpha value is -2.45. The number of non-ortho nitro benzene ring substituents is 1. The normalized spacial score (nSPS) is 11.2. The van der Waals surface area contributed by atoms with Crippen LogP contribution in [0.2, 0.25) is 0 Å². The minimum atomic E-state index is -3.52. The predicted molar refractivity (Wildman–Crippen MR) is 89.6 cm³/mol. The van der Waals surface area contributed by atoms with Crippen LogP contribution in [0, 0.1) is 17.0 Å². The highest BCUT2D eigenvalue weighted by molar-refractivity contribution is 7.89. The number of nitro groups is 1. The van der Waals surface area contributed by atoms with Crippen molar-refractivity contribution in [1.82, 2.24) is 4.72 Å². The van der Waals surface area contributed by atoms with E-state index < -0.39 is 14.9 Å². The molecule has 0 saturated carbocycles. The molecule has 0 bridgehead atoms. The van der Waals surface area contributed by atoms with Crippen molar-refractivity contribution in [1.29, 1.82) is 0 Å².